The molecule has 1 aromatic carbocycles. The predicted octanol–water partition coefficient (Wildman–Crippen LogP) is 2.29. The molecule has 3 aromatic rings. The van der Waals surface area contributed by atoms with Gasteiger partial charge in [-0.3, -0.25) is 14.7 Å². The summed E-state index contributed by atoms with van der Waals surface area (Å²) >= 11 is 1.30. The van der Waals surface area contributed by atoms with E-state index >= 15 is 0 Å². The van der Waals surface area contributed by atoms with Crippen LogP contribution in [0.25, 0.3) is 5.69 Å². The van der Waals surface area contributed by atoms with E-state index in [0.717, 1.165) is 5.69 Å². The zero-order valence-corrected chi connectivity index (χ0v) is 12.6. The summed E-state index contributed by atoms with van der Waals surface area (Å²) in [5.41, 5.74) is 1.66. The summed E-state index contributed by atoms with van der Waals surface area (Å²) in [5.74, 6) is 0.349. The highest BCUT2D eigenvalue weighted by molar-refractivity contribution is 7.99. The zero-order chi connectivity index (χ0) is 15.4. The van der Waals surface area contributed by atoms with Crippen molar-refractivity contribution < 1.29 is 9.32 Å². The van der Waals surface area contributed by atoms with E-state index < -0.39 is 0 Å². The average molecular weight is 315 g/mol. The van der Waals surface area contributed by atoms with Crippen LogP contribution in [0.15, 0.2) is 52.4 Å². The molecule has 22 heavy (non-hydrogen) atoms. The van der Waals surface area contributed by atoms with Crippen molar-refractivity contribution >= 4 is 23.6 Å². The SMILES string of the molecule is Cc1cc(NC(=O)CSc2nncn2-c2ccccc2)on1. The van der Waals surface area contributed by atoms with E-state index in [-0.39, 0.29) is 11.7 Å². The molecule has 0 atom stereocenters. The summed E-state index contributed by atoms with van der Waals surface area (Å²) in [6.45, 7) is 1.79. The lowest BCUT2D eigenvalue weighted by atomic mass is 10.3. The lowest BCUT2D eigenvalue weighted by Gasteiger charge is -2.05. The van der Waals surface area contributed by atoms with Crippen molar-refractivity contribution in [1.82, 2.24) is 19.9 Å². The lowest BCUT2D eigenvalue weighted by molar-refractivity contribution is -0.113. The third kappa shape index (κ3) is 3.34. The van der Waals surface area contributed by atoms with Gasteiger partial charge in [-0.25, -0.2) is 0 Å². The summed E-state index contributed by atoms with van der Waals surface area (Å²) in [6.07, 6.45) is 1.62. The van der Waals surface area contributed by atoms with E-state index in [1.165, 1.54) is 11.8 Å². The molecule has 0 unspecified atom stereocenters. The number of hydrogen-bond acceptors (Lipinski definition) is 6. The van der Waals surface area contributed by atoms with Crippen LogP contribution in [0.3, 0.4) is 0 Å². The third-order valence-electron chi connectivity index (χ3n) is 2.77. The molecule has 0 aliphatic rings. The molecule has 0 radical (unpaired) electrons. The smallest absolute Gasteiger partial charge is 0.237 e. The minimum absolute atomic E-state index is 0.191. The number of thioether (sulfide) groups is 1. The van der Waals surface area contributed by atoms with E-state index in [2.05, 4.69) is 20.7 Å². The van der Waals surface area contributed by atoms with Crippen molar-refractivity contribution in [3.63, 3.8) is 0 Å². The fraction of sp³-hybridized carbons (Fsp3) is 0.143. The number of aryl methyl sites for hydroxylation is 1. The summed E-state index contributed by atoms with van der Waals surface area (Å²) in [5, 5.41) is 14.9. The monoisotopic (exact) mass is 315 g/mol. The number of carbonyl (C=O) groups is 1. The largest absolute Gasteiger partial charge is 0.338 e. The molecule has 0 fully saturated rings. The maximum atomic E-state index is 11.9. The Kier molecular flexibility index (Phi) is 4.19. The average Bonchev–Trinajstić information content (AvgIpc) is 3.15. The van der Waals surface area contributed by atoms with E-state index in [1.807, 2.05) is 34.9 Å². The normalized spacial score (nSPS) is 10.6. The molecular formula is C14H13N5O2S. The van der Waals surface area contributed by atoms with Gasteiger partial charge in [0.25, 0.3) is 0 Å². The van der Waals surface area contributed by atoms with Gasteiger partial charge in [0.1, 0.15) is 6.33 Å². The minimum atomic E-state index is -0.191. The quantitative estimate of drug-likeness (QED) is 0.727. The van der Waals surface area contributed by atoms with Crippen LogP contribution in [-0.2, 0) is 4.79 Å². The Bertz CT molecular complexity index is 768. The van der Waals surface area contributed by atoms with Gasteiger partial charge in [-0.15, -0.1) is 10.2 Å². The van der Waals surface area contributed by atoms with Crippen molar-refractivity contribution in [2.75, 3.05) is 11.1 Å². The summed E-state index contributed by atoms with van der Waals surface area (Å²) < 4.78 is 6.77. The number of anilines is 1. The van der Waals surface area contributed by atoms with Crippen LogP contribution in [0.2, 0.25) is 0 Å². The summed E-state index contributed by atoms with van der Waals surface area (Å²) in [7, 11) is 0. The number of carbonyl (C=O) groups excluding carboxylic acids is 1. The van der Waals surface area contributed by atoms with Gasteiger partial charge in [0.15, 0.2) is 5.16 Å². The first-order chi connectivity index (χ1) is 10.7. The highest BCUT2D eigenvalue weighted by Crippen LogP contribution is 2.19. The molecule has 2 aromatic heterocycles. The molecule has 1 N–H and O–H groups in total. The Hall–Kier alpha value is -2.61. The maximum absolute atomic E-state index is 11.9. The molecule has 1 amide bonds. The van der Waals surface area contributed by atoms with Crippen molar-refractivity contribution in [2.45, 2.75) is 12.1 Å². The standard InChI is InChI=1S/C14H13N5O2S/c1-10-7-13(21-18-10)16-12(20)8-22-14-17-15-9-19(14)11-5-3-2-4-6-11/h2-7,9H,8H2,1H3,(H,16,20). The first kappa shape index (κ1) is 14.3. The predicted molar refractivity (Wildman–Crippen MR) is 82.0 cm³/mol. The second-order valence-corrected chi connectivity index (χ2v) is 5.43. The molecule has 0 spiro atoms. The first-order valence-corrected chi connectivity index (χ1v) is 7.52. The fourth-order valence-corrected chi connectivity index (χ4v) is 2.54. The van der Waals surface area contributed by atoms with Crippen molar-refractivity contribution in [3.8, 4) is 5.69 Å². The number of rotatable bonds is 5. The van der Waals surface area contributed by atoms with E-state index in [1.54, 1.807) is 19.3 Å². The number of amides is 1. The topological polar surface area (TPSA) is 85.8 Å². The molecule has 3 rings (SSSR count). The molecule has 0 saturated carbocycles. The second-order valence-electron chi connectivity index (χ2n) is 4.49. The van der Waals surface area contributed by atoms with Crippen LogP contribution in [-0.4, -0.2) is 31.6 Å². The zero-order valence-electron chi connectivity index (χ0n) is 11.8. The Labute approximate surface area is 130 Å². The van der Waals surface area contributed by atoms with E-state index in [9.17, 15) is 4.79 Å². The molecule has 0 saturated heterocycles. The summed E-state index contributed by atoms with van der Waals surface area (Å²) in [6, 6.07) is 11.4. The van der Waals surface area contributed by atoms with Crippen LogP contribution < -0.4 is 5.32 Å². The fourth-order valence-electron chi connectivity index (χ4n) is 1.81. The van der Waals surface area contributed by atoms with Crippen LogP contribution in [0, 0.1) is 6.92 Å². The van der Waals surface area contributed by atoms with Crippen LogP contribution >= 0.6 is 11.8 Å². The molecule has 2 heterocycles. The Balaban J connectivity index is 1.63. The van der Waals surface area contributed by atoms with Crippen LogP contribution in [0.4, 0.5) is 5.88 Å². The van der Waals surface area contributed by atoms with Crippen LogP contribution in [0.1, 0.15) is 5.69 Å². The van der Waals surface area contributed by atoms with Gasteiger partial charge >= 0.3 is 0 Å². The number of aromatic nitrogens is 4. The Morgan fingerprint density at radius 1 is 1.36 bits per heavy atom. The third-order valence-corrected chi connectivity index (χ3v) is 3.72. The van der Waals surface area contributed by atoms with Crippen molar-refractivity contribution in [3.05, 3.63) is 48.4 Å². The molecular weight excluding hydrogens is 302 g/mol. The van der Waals surface area contributed by atoms with Crippen molar-refractivity contribution in [2.24, 2.45) is 0 Å². The number of hydrogen-bond donors (Lipinski definition) is 1. The highest BCUT2D eigenvalue weighted by atomic mass is 32.2. The van der Waals surface area contributed by atoms with Crippen LogP contribution in [0.5, 0.6) is 0 Å². The van der Waals surface area contributed by atoms with Gasteiger partial charge in [-0.05, 0) is 19.1 Å². The maximum Gasteiger partial charge on any atom is 0.237 e. The highest BCUT2D eigenvalue weighted by Gasteiger charge is 2.11. The number of nitrogens with one attached hydrogen (secondary N) is 1. The van der Waals surface area contributed by atoms with Gasteiger partial charge in [-0.2, -0.15) is 0 Å². The molecule has 0 aliphatic carbocycles. The Morgan fingerprint density at radius 3 is 2.91 bits per heavy atom. The minimum Gasteiger partial charge on any atom is -0.338 e. The lowest BCUT2D eigenvalue weighted by Crippen LogP contribution is -2.14. The number of para-hydroxylation sites is 1. The van der Waals surface area contributed by atoms with Crippen molar-refractivity contribution in [1.29, 1.82) is 0 Å². The molecule has 7 nitrogen and oxygen atoms in total. The summed E-state index contributed by atoms with van der Waals surface area (Å²) in [4.78, 5) is 11.9. The molecule has 8 heteroatoms. The Morgan fingerprint density at radius 2 is 2.18 bits per heavy atom. The van der Waals surface area contributed by atoms with Gasteiger partial charge in [-0.1, -0.05) is 35.1 Å². The number of nitrogens with zero attached hydrogens (tertiary/aromatic N) is 4. The first-order valence-electron chi connectivity index (χ1n) is 6.54. The van der Waals surface area contributed by atoms with Gasteiger partial charge in [0, 0.05) is 11.8 Å². The van der Waals surface area contributed by atoms with E-state index in [4.69, 9.17) is 4.52 Å². The van der Waals surface area contributed by atoms with Gasteiger partial charge < -0.3 is 4.52 Å². The second kappa shape index (κ2) is 6.44. The molecule has 0 bridgehead atoms. The van der Waals surface area contributed by atoms with Gasteiger partial charge in [0.2, 0.25) is 11.8 Å². The van der Waals surface area contributed by atoms with E-state index in [0.29, 0.717) is 16.7 Å². The molecule has 112 valence electrons. The van der Waals surface area contributed by atoms with Gasteiger partial charge in [0.05, 0.1) is 11.4 Å². The molecule has 0 aliphatic heterocycles. The number of benzene rings is 1.